The molecule has 0 aliphatic rings. The number of ether oxygens (including phenoxy) is 2. The Morgan fingerprint density at radius 3 is 2.30 bits per heavy atom. The Morgan fingerprint density at radius 2 is 1.59 bits per heavy atom. The number of hydrogen-bond acceptors (Lipinski definition) is 3. The van der Waals surface area contributed by atoms with E-state index in [0.717, 1.165) is 24.0 Å². The van der Waals surface area contributed by atoms with Crippen LogP contribution in [0, 0.1) is 0 Å². The Balaban J connectivity index is 1.93. The summed E-state index contributed by atoms with van der Waals surface area (Å²) in [5.74, 6) is 0.354. The van der Waals surface area contributed by atoms with Gasteiger partial charge in [-0.15, -0.1) is 0 Å². The number of esters is 1. The lowest BCUT2D eigenvalue weighted by Gasteiger charge is -2.12. The van der Waals surface area contributed by atoms with Crippen LogP contribution in [-0.4, -0.2) is 13.1 Å². The summed E-state index contributed by atoms with van der Waals surface area (Å²) in [5, 5.41) is 0. The molecule has 0 aliphatic heterocycles. The van der Waals surface area contributed by atoms with Crippen molar-refractivity contribution in [3.8, 4) is 5.75 Å². The predicted molar refractivity (Wildman–Crippen MR) is 110 cm³/mol. The van der Waals surface area contributed by atoms with Crippen molar-refractivity contribution in [3.05, 3.63) is 65.2 Å². The van der Waals surface area contributed by atoms with E-state index >= 15 is 0 Å². The van der Waals surface area contributed by atoms with Crippen molar-refractivity contribution in [1.29, 1.82) is 0 Å². The zero-order valence-corrected chi connectivity index (χ0v) is 16.9. The van der Waals surface area contributed by atoms with Crippen molar-refractivity contribution >= 4 is 5.97 Å². The van der Waals surface area contributed by atoms with Crippen LogP contribution in [-0.2, 0) is 11.2 Å². The number of unbranched alkanes of at least 4 members (excludes halogenated alkanes) is 5. The van der Waals surface area contributed by atoms with Gasteiger partial charge in [-0.3, -0.25) is 0 Å². The molecule has 3 heteroatoms. The first-order valence-corrected chi connectivity index (χ1v) is 10.1. The Morgan fingerprint density at radius 1 is 0.926 bits per heavy atom. The molecular formula is C24H32O3. The number of carbonyl (C=O) groups is 1. The number of benzene rings is 2. The molecule has 0 aliphatic carbocycles. The number of hydrogen-bond donors (Lipinski definition) is 0. The number of rotatable bonds is 11. The normalized spacial score (nSPS) is 12.0. The van der Waals surface area contributed by atoms with Crippen LogP contribution in [0.2, 0.25) is 0 Å². The van der Waals surface area contributed by atoms with Gasteiger partial charge in [-0.1, -0.05) is 69.4 Å². The number of methoxy groups -OCH3 is 1. The van der Waals surface area contributed by atoms with E-state index in [9.17, 15) is 4.79 Å². The minimum Gasteiger partial charge on any atom is -0.423 e. The number of aryl methyl sites for hydroxylation is 1. The molecule has 0 bridgehead atoms. The fourth-order valence-electron chi connectivity index (χ4n) is 3.09. The third-order valence-corrected chi connectivity index (χ3v) is 4.94. The lowest BCUT2D eigenvalue weighted by atomic mass is 10.0. The summed E-state index contributed by atoms with van der Waals surface area (Å²) in [6, 6.07) is 15.3. The van der Waals surface area contributed by atoms with Gasteiger partial charge >= 0.3 is 5.97 Å². The van der Waals surface area contributed by atoms with Crippen LogP contribution in [0.15, 0.2) is 48.5 Å². The first kappa shape index (κ1) is 21.2. The molecule has 0 heterocycles. The molecule has 0 amide bonds. The van der Waals surface area contributed by atoms with E-state index in [1.165, 1.54) is 32.1 Å². The fourth-order valence-corrected chi connectivity index (χ4v) is 3.09. The first-order chi connectivity index (χ1) is 13.2. The van der Waals surface area contributed by atoms with Crippen LogP contribution in [0.3, 0.4) is 0 Å². The van der Waals surface area contributed by atoms with Crippen molar-refractivity contribution in [2.45, 2.75) is 64.9 Å². The molecule has 146 valence electrons. The van der Waals surface area contributed by atoms with Crippen LogP contribution in [0.1, 0.15) is 80.0 Å². The first-order valence-electron chi connectivity index (χ1n) is 10.1. The van der Waals surface area contributed by atoms with Gasteiger partial charge in [-0.25, -0.2) is 4.79 Å². The summed E-state index contributed by atoms with van der Waals surface area (Å²) in [7, 11) is 1.67. The standard InChI is InChI=1S/C24H32O3/c1-4-5-6-7-8-9-12-21-13-10-11-14-23(21)27-24(25)22-17-15-20(16-18-22)19(2)26-3/h10-11,13-19H,4-9,12H2,1-3H3. The highest BCUT2D eigenvalue weighted by atomic mass is 16.5. The Labute approximate surface area is 163 Å². The van der Waals surface area contributed by atoms with E-state index in [4.69, 9.17) is 9.47 Å². The zero-order valence-electron chi connectivity index (χ0n) is 16.9. The second kappa shape index (κ2) is 11.6. The molecule has 0 fully saturated rings. The molecule has 2 aromatic carbocycles. The molecule has 0 aromatic heterocycles. The average Bonchev–Trinajstić information content (AvgIpc) is 2.71. The van der Waals surface area contributed by atoms with Crippen molar-refractivity contribution in [2.24, 2.45) is 0 Å². The lowest BCUT2D eigenvalue weighted by Crippen LogP contribution is -2.10. The summed E-state index contributed by atoms with van der Waals surface area (Å²) in [6.45, 7) is 4.21. The van der Waals surface area contributed by atoms with Crippen LogP contribution < -0.4 is 4.74 Å². The summed E-state index contributed by atoms with van der Waals surface area (Å²) in [5.41, 5.74) is 2.69. The van der Waals surface area contributed by atoms with Crippen molar-refractivity contribution in [2.75, 3.05) is 7.11 Å². The highest BCUT2D eigenvalue weighted by Gasteiger charge is 2.12. The molecule has 0 saturated heterocycles. The SMILES string of the molecule is CCCCCCCCc1ccccc1OC(=O)c1ccc(C(C)OC)cc1. The molecule has 1 atom stereocenters. The van der Waals surface area contributed by atoms with Gasteiger partial charge in [0.05, 0.1) is 11.7 Å². The molecular weight excluding hydrogens is 336 g/mol. The Kier molecular flexibility index (Phi) is 9.06. The number of para-hydroxylation sites is 1. The smallest absolute Gasteiger partial charge is 0.343 e. The third-order valence-electron chi connectivity index (χ3n) is 4.94. The van der Waals surface area contributed by atoms with Crippen molar-refractivity contribution < 1.29 is 14.3 Å². The second-order valence-electron chi connectivity index (χ2n) is 7.01. The van der Waals surface area contributed by atoms with E-state index in [2.05, 4.69) is 13.0 Å². The lowest BCUT2D eigenvalue weighted by molar-refractivity contribution is 0.0732. The molecule has 0 saturated carbocycles. The molecule has 2 rings (SSSR count). The van der Waals surface area contributed by atoms with E-state index in [1.54, 1.807) is 19.2 Å². The molecule has 27 heavy (non-hydrogen) atoms. The van der Waals surface area contributed by atoms with Gasteiger partial charge in [-0.2, -0.15) is 0 Å². The summed E-state index contributed by atoms with van der Waals surface area (Å²) < 4.78 is 11.0. The van der Waals surface area contributed by atoms with Gasteiger partial charge in [0.15, 0.2) is 0 Å². The van der Waals surface area contributed by atoms with Crippen LogP contribution in [0.25, 0.3) is 0 Å². The Bertz CT molecular complexity index is 691. The van der Waals surface area contributed by atoms with Gasteiger partial charge < -0.3 is 9.47 Å². The van der Waals surface area contributed by atoms with Crippen LogP contribution >= 0.6 is 0 Å². The highest BCUT2D eigenvalue weighted by molar-refractivity contribution is 5.91. The molecule has 0 spiro atoms. The number of carbonyl (C=O) groups excluding carboxylic acids is 1. The van der Waals surface area contributed by atoms with Crippen LogP contribution in [0.4, 0.5) is 0 Å². The van der Waals surface area contributed by atoms with Gasteiger partial charge in [0.1, 0.15) is 5.75 Å². The molecule has 0 radical (unpaired) electrons. The maximum atomic E-state index is 12.5. The Hall–Kier alpha value is -2.13. The highest BCUT2D eigenvalue weighted by Crippen LogP contribution is 2.23. The zero-order chi connectivity index (χ0) is 19.5. The summed E-state index contributed by atoms with van der Waals surface area (Å²) in [6.07, 6.45) is 8.48. The molecule has 3 nitrogen and oxygen atoms in total. The van der Waals surface area contributed by atoms with Crippen molar-refractivity contribution in [1.82, 2.24) is 0 Å². The minimum absolute atomic E-state index is 0.00752. The van der Waals surface area contributed by atoms with Gasteiger partial charge in [0.2, 0.25) is 0 Å². The van der Waals surface area contributed by atoms with Gasteiger partial charge in [0, 0.05) is 7.11 Å². The van der Waals surface area contributed by atoms with E-state index in [0.29, 0.717) is 11.3 Å². The van der Waals surface area contributed by atoms with Crippen LogP contribution in [0.5, 0.6) is 5.75 Å². The van der Waals surface area contributed by atoms with Gasteiger partial charge in [0.25, 0.3) is 0 Å². The second-order valence-corrected chi connectivity index (χ2v) is 7.01. The average molecular weight is 369 g/mol. The minimum atomic E-state index is -0.318. The van der Waals surface area contributed by atoms with E-state index in [-0.39, 0.29) is 12.1 Å². The monoisotopic (exact) mass is 368 g/mol. The summed E-state index contributed by atoms with van der Waals surface area (Å²) >= 11 is 0. The van der Waals surface area contributed by atoms with E-state index in [1.807, 2.05) is 37.3 Å². The maximum Gasteiger partial charge on any atom is 0.343 e. The molecule has 1 unspecified atom stereocenters. The fraction of sp³-hybridized carbons (Fsp3) is 0.458. The summed E-state index contributed by atoms with van der Waals surface area (Å²) in [4.78, 5) is 12.5. The largest absolute Gasteiger partial charge is 0.423 e. The maximum absolute atomic E-state index is 12.5. The third kappa shape index (κ3) is 6.84. The van der Waals surface area contributed by atoms with Crippen molar-refractivity contribution in [3.63, 3.8) is 0 Å². The quantitative estimate of drug-likeness (QED) is 0.257. The molecule has 0 N–H and O–H groups in total. The molecule has 2 aromatic rings. The topological polar surface area (TPSA) is 35.5 Å². The van der Waals surface area contributed by atoms with Gasteiger partial charge in [-0.05, 0) is 49.1 Å². The predicted octanol–water partition coefficient (Wildman–Crippen LogP) is 6.52. The van der Waals surface area contributed by atoms with E-state index < -0.39 is 0 Å².